The van der Waals surface area contributed by atoms with Crippen LogP contribution in [0.2, 0.25) is 0 Å². The molecule has 0 amide bonds. The van der Waals surface area contributed by atoms with E-state index in [0.29, 0.717) is 5.56 Å². The van der Waals surface area contributed by atoms with E-state index in [2.05, 4.69) is 0 Å². The van der Waals surface area contributed by atoms with Crippen molar-refractivity contribution in [3.63, 3.8) is 0 Å². The third kappa shape index (κ3) is 3.42. The molecule has 158 valence electrons. The van der Waals surface area contributed by atoms with Crippen molar-refractivity contribution in [3.05, 3.63) is 58.8 Å². The van der Waals surface area contributed by atoms with Crippen molar-refractivity contribution in [3.8, 4) is 22.8 Å². The van der Waals surface area contributed by atoms with Crippen LogP contribution in [-0.4, -0.2) is 62.8 Å². The zero-order valence-corrected chi connectivity index (χ0v) is 15.6. The number of phenols is 1. The van der Waals surface area contributed by atoms with Gasteiger partial charge in [-0.2, -0.15) is 0 Å². The van der Waals surface area contributed by atoms with E-state index in [1.165, 1.54) is 18.2 Å². The lowest BCUT2D eigenvalue weighted by atomic mass is 9.99. The highest BCUT2D eigenvalue weighted by atomic mass is 16.7. The topological polar surface area (TPSA) is 150 Å². The Labute approximate surface area is 170 Å². The zero-order chi connectivity index (χ0) is 21.4. The molecule has 9 nitrogen and oxygen atoms in total. The van der Waals surface area contributed by atoms with Gasteiger partial charge in [0.15, 0.2) is 5.76 Å². The van der Waals surface area contributed by atoms with Crippen LogP contribution in [0.25, 0.3) is 22.3 Å². The smallest absolute Gasteiger partial charge is 0.239 e. The van der Waals surface area contributed by atoms with Crippen LogP contribution in [0.1, 0.15) is 0 Å². The summed E-state index contributed by atoms with van der Waals surface area (Å²) in [5.41, 5.74) is -0.107. The number of ether oxygens (including phenoxy) is 2. The normalized spacial score (nSPS) is 26.6. The van der Waals surface area contributed by atoms with Gasteiger partial charge in [-0.1, -0.05) is 36.4 Å². The van der Waals surface area contributed by atoms with Gasteiger partial charge in [-0.3, -0.25) is 4.79 Å². The van der Waals surface area contributed by atoms with E-state index in [1.807, 2.05) is 0 Å². The second kappa shape index (κ2) is 8.05. The fraction of sp³-hybridized carbons (Fsp3) is 0.286. The molecule has 2 heterocycles. The zero-order valence-electron chi connectivity index (χ0n) is 15.6. The molecule has 1 aliphatic rings. The van der Waals surface area contributed by atoms with Crippen LogP contribution in [0.15, 0.2) is 57.7 Å². The summed E-state index contributed by atoms with van der Waals surface area (Å²) in [6.07, 6.45) is -7.77. The van der Waals surface area contributed by atoms with E-state index in [4.69, 9.17) is 13.9 Å². The molecule has 1 aromatic heterocycles. The Kier molecular flexibility index (Phi) is 5.46. The van der Waals surface area contributed by atoms with E-state index in [1.54, 1.807) is 30.3 Å². The van der Waals surface area contributed by atoms with Crippen molar-refractivity contribution < 1.29 is 39.4 Å². The van der Waals surface area contributed by atoms with Gasteiger partial charge in [0.25, 0.3) is 0 Å². The monoisotopic (exact) mass is 416 g/mol. The van der Waals surface area contributed by atoms with Gasteiger partial charge in [0, 0.05) is 5.56 Å². The quantitative estimate of drug-likeness (QED) is 0.406. The molecule has 1 aliphatic heterocycles. The summed E-state index contributed by atoms with van der Waals surface area (Å²) < 4.78 is 16.8. The van der Waals surface area contributed by atoms with Crippen molar-refractivity contribution in [2.45, 2.75) is 30.7 Å². The molecule has 3 aromatic rings. The fourth-order valence-corrected chi connectivity index (χ4v) is 3.37. The first-order valence-corrected chi connectivity index (χ1v) is 9.23. The average molecular weight is 416 g/mol. The van der Waals surface area contributed by atoms with E-state index in [-0.39, 0.29) is 28.2 Å². The molecule has 9 heteroatoms. The molecule has 5 N–H and O–H groups in total. The molecular weight excluding hydrogens is 396 g/mol. The van der Waals surface area contributed by atoms with Crippen molar-refractivity contribution >= 4 is 11.0 Å². The lowest BCUT2D eigenvalue weighted by Gasteiger charge is -2.39. The van der Waals surface area contributed by atoms with E-state index in [9.17, 15) is 30.3 Å². The van der Waals surface area contributed by atoms with Gasteiger partial charge in [-0.05, 0) is 12.1 Å². The average Bonchev–Trinajstić information content (AvgIpc) is 2.76. The molecule has 0 aliphatic carbocycles. The Morgan fingerprint density at radius 2 is 1.67 bits per heavy atom. The molecule has 30 heavy (non-hydrogen) atoms. The minimum absolute atomic E-state index is 0.0238. The minimum Gasteiger partial charge on any atom is -0.507 e. The Morgan fingerprint density at radius 1 is 0.933 bits per heavy atom. The second-order valence-corrected chi connectivity index (χ2v) is 6.92. The van der Waals surface area contributed by atoms with Crippen molar-refractivity contribution in [1.82, 2.24) is 0 Å². The number of rotatable bonds is 4. The van der Waals surface area contributed by atoms with Crippen LogP contribution in [-0.2, 0) is 4.74 Å². The molecule has 5 atom stereocenters. The Bertz CT molecular complexity index is 1090. The van der Waals surface area contributed by atoms with Gasteiger partial charge in [-0.15, -0.1) is 0 Å². The molecule has 0 saturated carbocycles. The first-order valence-electron chi connectivity index (χ1n) is 9.23. The van der Waals surface area contributed by atoms with Gasteiger partial charge in [0.2, 0.25) is 17.5 Å². The summed E-state index contributed by atoms with van der Waals surface area (Å²) in [5, 5.41) is 49.6. The van der Waals surface area contributed by atoms with Crippen molar-refractivity contribution in [1.29, 1.82) is 0 Å². The van der Waals surface area contributed by atoms with Crippen molar-refractivity contribution in [2.24, 2.45) is 0 Å². The second-order valence-electron chi connectivity index (χ2n) is 6.92. The number of fused-ring (bicyclic) bond motifs is 1. The van der Waals surface area contributed by atoms with Gasteiger partial charge in [-0.25, -0.2) is 0 Å². The predicted molar refractivity (Wildman–Crippen MR) is 104 cm³/mol. The summed E-state index contributed by atoms with van der Waals surface area (Å²) >= 11 is 0. The largest absolute Gasteiger partial charge is 0.507 e. The number of aromatic hydroxyl groups is 1. The molecule has 1 saturated heterocycles. The molecule has 0 bridgehead atoms. The minimum atomic E-state index is -1.72. The Morgan fingerprint density at radius 3 is 2.37 bits per heavy atom. The predicted octanol–water partition coefficient (Wildman–Crippen LogP) is 0.344. The van der Waals surface area contributed by atoms with Crippen LogP contribution in [0.3, 0.4) is 0 Å². The van der Waals surface area contributed by atoms with Gasteiger partial charge >= 0.3 is 0 Å². The Hall–Kier alpha value is -2.95. The number of phenolic OH excluding ortho intramolecular Hbond substituents is 1. The first-order chi connectivity index (χ1) is 14.4. The van der Waals surface area contributed by atoms with Gasteiger partial charge in [0.1, 0.15) is 41.1 Å². The van der Waals surface area contributed by atoms with E-state index >= 15 is 0 Å². The summed E-state index contributed by atoms with van der Waals surface area (Å²) in [5.74, 6) is -0.658. The van der Waals surface area contributed by atoms with Crippen LogP contribution < -0.4 is 10.2 Å². The van der Waals surface area contributed by atoms with Gasteiger partial charge in [0.05, 0.1) is 6.61 Å². The molecule has 0 spiro atoms. The van der Waals surface area contributed by atoms with E-state index in [0.717, 1.165) is 0 Å². The first kappa shape index (κ1) is 20.3. The fourth-order valence-electron chi connectivity index (χ4n) is 3.37. The number of hydrogen-bond donors (Lipinski definition) is 5. The summed E-state index contributed by atoms with van der Waals surface area (Å²) in [6, 6.07) is 12.9. The van der Waals surface area contributed by atoms with Crippen molar-refractivity contribution in [2.75, 3.05) is 6.61 Å². The molecule has 0 radical (unpaired) electrons. The lowest BCUT2D eigenvalue weighted by Crippen LogP contribution is -2.60. The maximum atomic E-state index is 13.2. The highest BCUT2D eigenvalue weighted by Gasteiger charge is 2.45. The maximum Gasteiger partial charge on any atom is 0.239 e. The summed E-state index contributed by atoms with van der Waals surface area (Å²) in [7, 11) is 0. The van der Waals surface area contributed by atoms with Gasteiger partial charge < -0.3 is 39.4 Å². The maximum absolute atomic E-state index is 13.2. The third-order valence-corrected chi connectivity index (χ3v) is 4.97. The molecular formula is C21H20O9. The number of benzene rings is 2. The third-order valence-electron chi connectivity index (χ3n) is 4.97. The SMILES string of the molecule is O=c1c(OC2O[C@H](CO)[C@H](O)[C@H](O)[C@H]2O)c(-c2ccccc2)oc2cccc(O)c12. The molecule has 1 fully saturated rings. The van der Waals surface area contributed by atoms with Crippen LogP contribution in [0.5, 0.6) is 11.5 Å². The number of aliphatic hydroxyl groups is 4. The van der Waals surface area contributed by atoms with Crippen LogP contribution in [0.4, 0.5) is 0 Å². The van der Waals surface area contributed by atoms with Crippen LogP contribution in [0, 0.1) is 0 Å². The Balaban J connectivity index is 1.86. The number of aliphatic hydroxyl groups excluding tert-OH is 4. The summed E-state index contributed by atoms with van der Waals surface area (Å²) in [6.45, 7) is -0.649. The van der Waals surface area contributed by atoms with E-state index < -0.39 is 42.7 Å². The lowest BCUT2D eigenvalue weighted by molar-refractivity contribution is -0.277. The highest BCUT2D eigenvalue weighted by Crippen LogP contribution is 2.35. The summed E-state index contributed by atoms with van der Waals surface area (Å²) in [4.78, 5) is 13.2. The number of hydrogen-bond acceptors (Lipinski definition) is 9. The molecule has 4 rings (SSSR count). The molecule has 2 aromatic carbocycles. The standard InChI is InChI=1S/C21H20O9/c22-9-13-15(24)17(26)18(27)21(29-13)30-20-16(25)14-11(23)7-4-8-12(14)28-19(20)10-5-2-1-3-6-10/h1-8,13,15,17-18,21-24,26-27H,9H2/t13-,15+,17+,18-,21?/m1/s1. The highest BCUT2D eigenvalue weighted by molar-refractivity contribution is 5.86. The molecule has 1 unspecified atom stereocenters. The van der Waals surface area contributed by atoms with Crippen LogP contribution >= 0.6 is 0 Å².